The van der Waals surface area contributed by atoms with Crippen molar-refractivity contribution in [3.8, 4) is 6.07 Å². The summed E-state index contributed by atoms with van der Waals surface area (Å²) in [6.07, 6.45) is 7.06. The van der Waals surface area contributed by atoms with Crippen LogP contribution in [0, 0.1) is 11.3 Å². The highest BCUT2D eigenvalue weighted by molar-refractivity contribution is 5.87. The fourth-order valence-corrected chi connectivity index (χ4v) is 5.58. The van der Waals surface area contributed by atoms with Crippen LogP contribution < -0.4 is 15.1 Å². The van der Waals surface area contributed by atoms with Crippen molar-refractivity contribution >= 4 is 22.6 Å². The second kappa shape index (κ2) is 7.11. The number of hydrogen-bond acceptors (Lipinski definition) is 5. The van der Waals surface area contributed by atoms with Crippen molar-refractivity contribution in [1.29, 1.82) is 5.26 Å². The van der Waals surface area contributed by atoms with Crippen molar-refractivity contribution in [2.24, 2.45) is 0 Å². The summed E-state index contributed by atoms with van der Waals surface area (Å²) in [6, 6.07) is 29.7. The van der Waals surface area contributed by atoms with Crippen molar-refractivity contribution < 1.29 is 0 Å². The van der Waals surface area contributed by atoms with E-state index in [2.05, 4.69) is 106 Å². The van der Waals surface area contributed by atoms with Crippen LogP contribution in [0.4, 0.5) is 17.1 Å². The van der Waals surface area contributed by atoms with Crippen LogP contribution in [0.5, 0.6) is 0 Å². The zero-order chi connectivity index (χ0) is 22.8. The molecule has 1 N–H and O–H groups in total. The Hall–Kier alpha value is -4.27. The highest BCUT2D eigenvalue weighted by Gasteiger charge is 2.57. The van der Waals surface area contributed by atoms with Gasteiger partial charge in [0.1, 0.15) is 12.3 Å². The maximum absolute atomic E-state index is 9.15. The fraction of sp³-hybridized carbons (Fsp3) is 0.138. The van der Waals surface area contributed by atoms with Crippen LogP contribution in [0.3, 0.4) is 0 Å². The minimum atomic E-state index is 0.156. The lowest BCUT2D eigenvalue weighted by Crippen LogP contribution is -2.45. The van der Waals surface area contributed by atoms with Gasteiger partial charge in [-0.15, -0.1) is 0 Å². The van der Waals surface area contributed by atoms with E-state index in [1.165, 1.54) is 28.5 Å². The number of rotatable bonds is 2. The van der Waals surface area contributed by atoms with Gasteiger partial charge in [-0.2, -0.15) is 5.26 Å². The van der Waals surface area contributed by atoms with E-state index < -0.39 is 0 Å². The molecule has 3 aromatic rings. The average Bonchev–Trinajstić information content (AvgIpc) is 3.63. The smallest absolute Gasteiger partial charge is 0.130 e. The van der Waals surface area contributed by atoms with Crippen LogP contribution in [0.1, 0.15) is 18.1 Å². The second-order valence-corrected chi connectivity index (χ2v) is 9.10. The lowest BCUT2D eigenvalue weighted by Gasteiger charge is -2.33. The Kier molecular flexibility index (Phi) is 4.02. The molecular weight excluding hydrogens is 418 g/mol. The lowest BCUT2D eigenvalue weighted by atomic mass is 10.0. The number of nitriles is 1. The summed E-state index contributed by atoms with van der Waals surface area (Å²) in [4.78, 5) is 7.35. The molecule has 3 aromatic carbocycles. The molecule has 4 aliphatic heterocycles. The zero-order valence-corrected chi connectivity index (χ0v) is 18.8. The average molecular weight is 442 g/mol. The summed E-state index contributed by atoms with van der Waals surface area (Å²) in [7, 11) is 0. The molecule has 0 aliphatic carbocycles. The Morgan fingerprint density at radius 2 is 1.56 bits per heavy atom. The van der Waals surface area contributed by atoms with Gasteiger partial charge in [0.2, 0.25) is 0 Å². The second-order valence-electron chi connectivity index (χ2n) is 9.10. The predicted molar refractivity (Wildman–Crippen MR) is 135 cm³/mol. The van der Waals surface area contributed by atoms with Crippen LogP contribution in [0.15, 0.2) is 109 Å². The third-order valence-electron chi connectivity index (χ3n) is 7.24. The van der Waals surface area contributed by atoms with E-state index in [0.717, 1.165) is 11.1 Å². The molecule has 34 heavy (non-hydrogen) atoms. The number of nitrogens with one attached hydrogen (secondary N) is 1. The fourth-order valence-electron chi connectivity index (χ4n) is 5.58. The summed E-state index contributed by atoms with van der Waals surface area (Å²) in [5.74, 6) is 0. The first-order chi connectivity index (χ1) is 16.7. The topological polar surface area (TPSA) is 55.5 Å². The van der Waals surface area contributed by atoms with Crippen molar-refractivity contribution in [3.63, 3.8) is 0 Å². The number of allylic oxidation sites excluding steroid dienone is 4. The molecule has 5 nitrogen and oxygen atoms in total. The molecule has 0 aromatic heterocycles. The third-order valence-corrected chi connectivity index (χ3v) is 7.24. The van der Waals surface area contributed by atoms with Crippen molar-refractivity contribution in [2.45, 2.75) is 25.3 Å². The van der Waals surface area contributed by atoms with Gasteiger partial charge in [-0.1, -0.05) is 42.5 Å². The van der Waals surface area contributed by atoms with Crippen LogP contribution in [0.2, 0.25) is 0 Å². The molecule has 0 spiro atoms. The normalized spacial score (nSPS) is 23.9. The molecular formula is C29H23N5. The van der Waals surface area contributed by atoms with Crippen LogP contribution in [-0.4, -0.2) is 23.3 Å². The van der Waals surface area contributed by atoms with Crippen molar-refractivity contribution in [3.05, 3.63) is 120 Å². The largest absolute Gasteiger partial charge is 0.329 e. The monoisotopic (exact) mass is 441 g/mol. The molecule has 4 heterocycles. The number of nitrogens with zero attached hydrogens (tertiary/aromatic N) is 4. The van der Waals surface area contributed by atoms with Crippen molar-refractivity contribution in [1.82, 2.24) is 10.2 Å². The summed E-state index contributed by atoms with van der Waals surface area (Å²) in [5, 5.41) is 12.9. The number of fused-ring (bicyclic) bond motifs is 7. The quantitative estimate of drug-likeness (QED) is 0.547. The zero-order valence-electron chi connectivity index (χ0n) is 18.8. The highest BCUT2D eigenvalue weighted by atomic mass is 15.5. The first-order valence-corrected chi connectivity index (χ1v) is 11.6. The molecule has 3 atom stereocenters. The molecule has 1 fully saturated rings. The van der Waals surface area contributed by atoms with Gasteiger partial charge in [-0.05, 0) is 66.6 Å². The number of anilines is 3. The molecule has 0 radical (unpaired) electrons. The molecule has 7 rings (SSSR count). The number of benzene rings is 3. The Morgan fingerprint density at radius 1 is 0.853 bits per heavy atom. The predicted octanol–water partition coefficient (Wildman–Crippen LogP) is 5.30. The van der Waals surface area contributed by atoms with Crippen LogP contribution >= 0.6 is 0 Å². The van der Waals surface area contributed by atoms with Crippen molar-refractivity contribution in [2.75, 3.05) is 9.80 Å². The first-order valence-electron chi connectivity index (χ1n) is 11.6. The Labute approximate surface area is 199 Å². The van der Waals surface area contributed by atoms with Gasteiger partial charge in [0.15, 0.2) is 0 Å². The summed E-state index contributed by atoms with van der Waals surface area (Å²) in [6.45, 7) is 2.23. The number of hydrogen-bond donors (Lipinski definition) is 1. The van der Waals surface area contributed by atoms with Gasteiger partial charge in [0.05, 0.1) is 34.7 Å². The summed E-state index contributed by atoms with van der Waals surface area (Å²) < 4.78 is 0. The highest BCUT2D eigenvalue weighted by Crippen LogP contribution is 2.51. The molecule has 5 heteroatoms. The lowest BCUT2D eigenvalue weighted by molar-refractivity contribution is 0.447. The van der Waals surface area contributed by atoms with Crippen LogP contribution in [-0.2, 0) is 0 Å². The molecule has 0 saturated carbocycles. The van der Waals surface area contributed by atoms with Gasteiger partial charge in [0, 0.05) is 17.6 Å². The summed E-state index contributed by atoms with van der Waals surface area (Å²) in [5.41, 5.74) is 9.06. The summed E-state index contributed by atoms with van der Waals surface area (Å²) >= 11 is 0. The SMILES string of the molecule is CC1=C2C=C(c3ccc(C#N)cc3)C=CN2C2NC2C2N1c1ccccc1N2c1ccccc1. The van der Waals surface area contributed by atoms with Gasteiger partial charge in [0.25, 0.3) is 0 Å². The van der Waals surface area contributed by atoms with E-state index in [1.54, 1.807) is 0 Å². The first kappa shape index (κ1) is 19.2. The minimum absolute atomic E-state index is 0.156. The molecule has 0 bridgehead atoms. The molecule has 4 aliphatic rings. The minimum Gasteiger partial charge on any atom is -0.329 e. The Balaban J connectivity index is 1.38. The van der Waals surface area contributed by atoms with Gasteiger partial charge in [-0.25, -0.2) is 0 Å². The Morgan fingerprint density at radius 3 is 2.29 bits per heavy atom. The molecule has 164 valence electrons. The van der Waals surface area contributed by atoms with E-state index in [9.17, 15) is 0 Å². The van der Waals surface area contributed by atoms with E-state index in [4.69, 9.17) is 5.26 Å². The van der Waals surface area contributed by atoms with Gasteiger partial charge >= 0.3 is 0 Å². The molecule has 1 saturated heterocycles. The van der Waals surface area contributed by atoms with E-state index in [-0.39, 0.29) is 12.3 Å². The standard InChI is InChI=1S/C29H23N5/c1-19-26-17-22(21-13-11-20(18-30)12-14-21)15-16-32(26)28-27(31-28)29-33(19)24-9-5-6-10-25(24)34(29)23-7-3-2-4-8-23/h2-17,27-29,31H,1H3. The third kappa shape index (κ3) is 2.70. The molecule has 0 amide bonds. The van der Waals surface area contributed by atoms with E-state index >= 15 is 0 Å². The van der Waals surface area contributed by atoms with Gasteiger partial charge < -0.3 is 14.7 Å². The van der Waals surface area contributed by atoms with E-state index in [0.29, 0.717) is 11.6 Å². The maximum atomic E-state index is 9.15. The van der Waals surface area contributed by atoms with E-state index in [1.807, 2.05) is 24.3 Å². The number of para-hydroxylation sites is 3. The van der Waals surface area contributed by atoms with Crippen LogP contribution in [0.25, 0.3) is 5.57 Å². The molecule has 3 unspecified atom stereocenters. The van der Waals surface area contributed by atoms with Gasteiger partial charge in [-0.3, -0.25) is 5.32 Å². The maximum Gasteiger partial charge on any atom is 0.130 e. The Bertz CT molecular complexity index is 1430.